The van der Waals surface area contributed by atoms with Crippen molar-refractivity contribution in [3.05, 3.63) is 42.5 Å². The standard InChI is InChI=1S/C14H18N4O2/c1-20-13-4-2-3-11(7-13)17-14(19)9-18-8-12(5-6-15)16-10-18/h2-4,7-8,10H,5-6,9,15H2,1H3,(H,17,19). The molecule has 0 unspecified atom stereocenters. The molecule has 6 heteroatoms. The molecule has 0 saturated carbocycles. The first-order chi connectivity index (χ1) is 9.71. The van der Waals surface area contributed by atoms with Crippen molar-refractivity contribution < 1.29 is 9.53 Å². The summed E-state index contributed by atoms with van der Waals surface area (Å²) in [6.45, 7) is 0.766. The lowest BCUT2D eigenvalue weighted by Crippen LogP contribution is -2.17. The first-order valence-electron chi connectivity index (χ1n) is 6.36. The number of hydrogen-bond acceptors (Lipinski definition) is 4. The van der Waals surface area contributed by atoms with Crippen LogP contribution in [-0.4, -0.2) is 29.1 Å². The fourth-order valence-corrected chi connectivity index (χ4v) is 1.84. The van der Waals surface area contributed by atoms with E-state index >= 15 is 0 Å². The van der Waals surface area contributed by atoms with Gasteiger partial charge in [-0.3, -0.25) is 4.79 Å². The highest BCUT2D eigenvalue weighted by atomic mass is 16.5. The van der Waals surface area contributed by atoms with Gasteiger partial charge in [0, 0.05) is 24.4 Å². The fraction of sp³-hybridized carbons (Fsp3) is 0.286. The summed E-state index contributed by atoms with van der Waals surface area (Å²) in [5, 5.41) is 2.81. The molecular formula is C14H18N4O2. The number of nitrogens with two attached hydrogens (primary N) is 1. The summed E-state index contributed by atoms with van der Waals surface area (Å²) in [4.78, 5) is 16.1. The van der Waals surface area contributed by atoms with E-state index < -0.39 is 0 Å². The number of carbonyl (C=O) groups is 1. The monoisotopic (exact) mass is 274 g/mol. The predicted molar refractivity (Wildman–Crippen MR) is 76.6 cm³/mol. The second-order valence-electron chi connectivity index (χ2n) is 4.36. The molecule has 1 aromatic carbocycles. The molecule has 1 amide bonds. The molecule has 0 fully saturated rings. The molecule has 6 nitrogen and oxygen atoms in total. The van der Waals surface area contributed by atoms with E-state index in [9.17, 15) is 4.79 Å². The van der Waals surface area contributed by atoms with Crippen molar-refractivity contribution >= 4 is 11.6 Å². The molecule has 106 valence electrons. The van der Waals surface area contributed by atoms with Crippen LogP contribution in [0.2, 0.25) is 0 Å². The van der Waals surface area contributed by atoms with E-state index in [1.54, 1.807) is 24.1 Å². The smallest absolute Gasteiger partial charge is 0.244 e. The highest BCUT2D eigenvalue weighted by molar-refractivity contribution is 5.90. The second kappa shape index (κ2) is 6.72. The Morgan fingerprint density at radius 2 is 2.35 bits per heavy atom. The number of imidazole rings is 1. The van der Waals surface area contributed by atoms with E-state index in [1.807, 2.05) is 24.4 Å². The Kier molecular flexibility index (Phi) is 4.73. The topological polar surface area (TPSA) is 82.2 Å². The van der Waals surface area contributed by atoms with Crippen molar-refractivity contribution in [3.8, 4) is 5.75 Å². The Morgan fingerprint density at radius 1 is 1.50 bits per heavy atom. The van der Waals surface area contributed by atoms with Crippen LogP contribution in [0.15, 0.2) is 36.8 Å². The van der Waals surface area contributed by atoms with Gasteiger partial charge in [-0.2, -0.15) is 0 Å². The molecule has 1 heterocycles. The number of amides is 1. The van der Waals surface area contributed by atoms with Crippen molar-refractivity contribution in [3.63, 3.8) is 0 Å². The van der Waals surface area contributed by atoms with Gasteiger partial charge in [0.05, 0.1) is 19.1 Å². The van der Waals surface area contributed by atoms with Gasteiger partial charge in [-0.25, -0.2) is 4.98 Å². The van der Waals surface area contributed by atoms with Gasteiger partial charge in [-0.1, -0.05) is 6.07 Å². The maximum atomic E-state index is 11.9. The second-order valence-corrected chi connectivity index (χ2v) is 4.36. The minimum absolute atomic E-state index is 0.116. The number of methoxy groups -OCH3 is 1. The number of rotatable bonds is 6. The maximum Gasteiger partial charge on any atom is 0.244 e. The molecule has 2 aromatic rings. The van der Waals surface area contributed by atoms with Crippen LogP contribution in [0, 0.1) is 0 Å². The molecule has 0 spiro atoms. The molecular weight excluding hydrogens is 256 g/mol. The average Bonchev–Trinajstić information content (AvgIpc) is 2.86. The summed E-state index contributed by atoms with van der Waals surface area (Å²) < 4.78 is 6.84. The minimum atomic E-state index is -0.116. The number of aromatic nitrogens is 2. The van der Waals surface area contributed by atoms with Crippen LogP contribution in [0.3, 0.4) is 0 Å². The molecule has 2 rings (SSSR count). The third kappa shape index (κ3) is 3.83. The van der Waals surface area contributed by atoms with Crippen LogP contribution in [-0.2, 0) is 17.8 Å². The third-order valence-corrected chi connectivity index (χ3v) is 2.77. The lowest BCUT2D eigenvalue weighted by atomic mass is 10.3. The van der Waals surface area contributed by atoms with Gasteiger partial charge >= 0.3 is 0 Å². The number of hydrogen-bond donors (Lipinski definition) is 2. The Morgan fingerprint density at radius 3 is 3.10 bits per heavy atom. The number of ether oxygens (including phenoxy) is 1. The summed E-state index contributed by atoms with van der Waals surface area (Å²) in [6, 6.07) is 7.23. The Balaban J connectivity index is 1.94. The highest BCUT2D eigenvalue weighted by Gasteiger charge is 2.05. The summed E-state index contributed by atoms with van der Waals surface area (Å²) in [7, 11) is 1.59. The van der Waals surface area contributed by atoms with Crippen molar-refractivity contribution in [2.75, 3.05) is 19.0 Å². The van der Waals surface area contributed by atoms with Crippen LogP contribution in [0.25, 0.3) is 0 Å². The van der Waals surface area contributed by atoms with Gasteiger partial charge in [0.1, 0.15) is 12.3 Å². The number of anilines is 1. The van der Waals surface area contributed by atoms with Gasteiger partial charge in [0.2, 0.25) is 5.91 Å². The highest BCUT2D eigenvalue weighted by Crippen LogP contribution is 2.16. The van der Waals surface area contributed by atoms with Crippen LogP contribution >= 0.6 is 0 Å². The Labute approximate surface area is 117 Å². The van der Waals surface area contributed by atoms with Gasteiger partial charge in [-0.15, -0.1) is 0 Å². The number of carbonyl (C=O) groups excluding carboxylic acids is 1. The van der Waals surface area contributed by atoms with E-state index in [4.69, 9.17) is 10.5 Å². The van der Waals surface area contributed by atoms with Crippen LogP contribution in [0.1, 0.15) is 5.69 Å². The average molecular weight is 274 g/mol. The molecule has 0 aliphatic rings. The quantitative estimate of drug-likeness (QED) is 0.824. The van der Waals surface area contributed by atoms with Crippen molar-refractivity contribution in [2.45, 2.75) is 13.0 Å². The molecule has 0 aliphatic heterocycles. The van der Waals surface area contributed by atoms with Crippen molar-refractivity contribution in [2.24, 2.45) is 5.73 Å². The molecule has 0 aliphatic carbocycles. The molecule has 0 saturated heterocycles. The van der Waals surface area contributed by atoms with Crippen LogP contribution in [0.4, 0.5) is 5.69 Å². The summed E-state index contributed by atoms with van der Waals surface area (Å²) >= 11 is 0. The molecule has 0 bridgehead atoms. The molecule has 0 radical (unpaired) electrons. The van der Waals surface area contributed by atoms with Gasteiger partial charge in [0.15, 0.2) is 0 Å². The third-order valence-electron chi connectivity index (χ3n) is 2.77. The molecule has 1 aromatic heterocycles. The first-order valence-corrected chi connectivity index (χ1v) is 6.36. The van der Waals surface area contributed by atoms with E-state index in [1.165, 1.54) is 0 Å². The lowest BCUT2D eigenvalue weighted by molar-refractivity contribution is -0.116. The molecule has 20 heavy (non-hydrogen) atoms. The zero-order valence-corrected chi connectivity index (χ0v) is 11.4. The van der Waals surface area contributed by atoms with E-state index in [2.05, 4.69) is 10.3 Å². The van der Waals surface area contributed by atoms with Gasteiger partial charge in [0.25, 0.3) is 0 Å². The summed E-state index contributed by atoms with van der Waals surface area (Å²) in [5.74, 6) is 0.589. The van der Waals surface area contributed by atoms with Crippen molar-refractivity contribution in [1.29, 1.82) is 0 Å². The predicted octanol–water partition coefficient (Wildman–Crippen LogP) is 1.03. The van der Waals surface area contributed by atoms with E-state index in [0.29, 0.717) is 24.4 Å². The number of nitrogens with one attached hydrogen (secondary N) is 1. The zero-order valence-electron chi connectivity index (χ0n) is 11.4. The van der Waals surface area contributed by atoms with Crippen molar-refractivity contribution in [1.82, 2.24) is 9.55 Å². The number of benzene rings is 1. The van der Waals surface area contributed by atoms with E-state index in [0.717, 1.165) is 5.69 Å². The Hall–Kier alpha value is -2.34. The van der Waals surface area contributed by atoms with Crippen LogP contribution < -0.4 is 15.8 Å². The maximum absolute atomic E-state index is 11.9. The normalized spacial score (nSPS) is 10.3. The largest absolute Gasteiger partial charge is 0.497 e. The summed E-state index contributed by atoms with van der Waals surface area (Å²) in [5.41, 5.74) is 7.06. The zero-order chi connectivity index (χ0) is 14.4. The molecule has 0 atom stereocenters. The summed E-state index contributed by atoms with van der Waals surface area (Å²) in [6.07, 6.45) is 4.18. The SMILES string of the molecule is COc1cccc(NC(=O)Cn2cnc(CCN)c2)c1. The van der Waals surface area contributed by atoms with Crippen LogP contribution in [0.5, 0.6) is 5.75 Å². The van der Waals surface area contributed by atoms with Gasteiger partial charge in [-0.05, 0) is 18.7 Å². The van der Waals surface area contributed by atoms with E-state index in [-0.39, 0.29) is 12.5 Å². The number of nitrogens with zero attached hydrogens (tertiary/aromatic N) is 2. The minimum Gasteiger partial charge on any atom is -0.497 e. The van der Waals surface area contributed by atoms with Gasteiger partial charge < -0.3 is 20.4 Å². The lowest BCUT2D eigenvalue weighted by Gasteiger charge is -2.07. The Bertz CT molecular complexity index is 580. The first kappa shape index (κ1) is 14.1. The molecule has 3 N–H and O–H groups in total. The fourth-order valence-electron chi connectivity index (χ4n) is 1.84.